The molecule has 0 spiro atoms. The van der Waals surface area contributed by atoms with E-state index < -0.39 is 11.2 Å². The Hall–Kier alpha value is -2.31. The first-order valence-corrected chi connectivity index (χ1v) is 12.1. The number of carbonyl (C=O) groups is 2. The van der Waals surface area contributed by atoms with Gasteiger partial charge in [0.2, 0.25) is 0 Å². The van der Waals surface area contributed by atoms with Gasteiger partial charge < -0.3 is 19.3 Å². The van der Waals surface area contributed by atoms with Crippen molar-refractivity contribution in [3.8, 4) is 0 Å². The largest absolute Gasteiger partial charge is 0.444 e. The van der Waals surface area contributed by atoms with Crippen LogP contribution in [0.25, 0.3) is 0 Å². The summed E-state index contributed by atoms with van der Waals surface area (Å²) in [6.45, 7) is 13.7. The van der Waals surface area contributed by atoms with E-state index in [0.29, 0.717) is 26.2 Å². The van der Waals surface area contributed by atoms with Crippen molar-refractivity contribution in [1.29, 1.82) is 0 Å². The van der Waals surface area contributed by atoms with Gasteiger partial charge in [-0.3, -0.25) is 10.2 Å². The molecule has 2 aliphatic rings. The van der Waals surface area contributed by atoms with Crippen LogP contribution in [0.3, 0.4) is 0 Å². The van der Waals surface area contributed by atoms with Gasteiger partial charge in [0.15, 0.2) is 0 Å². The van der Waals surface area contributed by atoms with Crippen molar-refractivity contribution in [3.63, 3.8) is 0 Å². The smallest absolute Gasteiger partial charge is 0.410 e. The van der Waals surface area contributed by atoms with E-state index in [4.69, 9.17) is 9.47 Å². The highest BCUT2D eigenvalue weighted by atomic mass is 127. The third-order valence-corrected chi connectivity index (χ3v) is 5.89. The molecule has 0 saturated heterocycles. The molecule has 0 aromatic carbocycles. The third-order valence-electron chi connectivity index (χ3n) is 4.99. The van der Waals surface area contributed by atoms with Crippen LogP contribution in [-0.4, -0.2) is 66.7 Å². The van der Waals surface area contributed by atoms with Crippen LogP contribution in [0.1, 0.15) is 64.1 Å². The highest BCUT2D eigenvalue weighted by molar-refractivity contribution is 14.1. The van der Waals surface area contributed by atoms with Crippen molar-refractivity contribution in [2.75, 3.05) is 13.1 Å². The first-order chi connectivity index (χ1) is 15.3. The molecule has 2 aromatic rings. The SMILES string of the molecule is CC(C)(C)OC(=O)N1CCc2c(I)n[nH]c2C1.CC(C)(C)OC(=O)N1CCc2cn[nH]c2C1. The highest BCUT2D eigenvalue weighted by Gasteiger charge is 2.28. The monoisotopic (exact) mass is 572 g/mol. The summed E-state index contributed by atoms with van der Waals surface area (Å²) in [6, 6.07) is 0. The molecule has 2 aliphatic heterocycles. The molecule has 10 nitrogen and oxygen atoms in total. The van der Waals surface area contributed by atoms with E-state index in [9.17, 15) is 9.59 Å². The average molecular weight is 572 g/mol. The van der Waals surface area contributed by atoms with E-state index in [1.165, 1.54) is 11.1 Å². The minimum atomic E-state index is -0.445. The van der Waals surface area contributed by atoms with Gasteiger partial charge in [0.05, 0.1) is 30.7 Å². The number of nitrogens with zero attached hydrogens (tertiary/aromatic N) is 4. The van der Waals surface area contributed by atoms with E-state index in [-0.39, 0.29) is 12.2 Å². The molecule has 2 aromatic heterocycles. The molecule has 33 heavy (non-hydrogen) atoms. The quantitative estimate of drug-likeness (QED) is 0.461. The number of fused-ring (bicyclic) bond motifs is 2. The van der Waals surface area contributed by atoms with Crippen LogP contribution in [0.15, 0.2) is 6.20 Å². The zero-order chi connectivity index (χ0) is 24.4. The van der Waals surface area contributed by atoms with Gasteiger partial charge in [-0.25, -0.2) is 9.59 Å². The second kappa shape index (κ2) is 9.90. The molecule has 182 valence electrons. The van der Waals surface area contributed by atoms with Gasteiger partial charge in [-0.1, -0.05) is 0 Å². The number of nitrogens with one attached hydrogen (secondary N) is 2. The Bertz CT molecular complexity index is 988. The Labute approximate surface area is 207 Å². The van der Waals surface area contributed by atoms with Gasteiger partial charge in [-0.15, -0.1) is 0 Å². The second-order valence-electron chi connectivity index (χ2n) is 10.1. The van der Waals surface area contributed by atoms with Crippen LogP contribution in [0, 0.1) is 3.70 Å². The lowest BCUT2D eigenvalue weighted by Gasteiger charge is -2.29. The predicted octanol–water partition coefficient (Wildman–Crippen LogP) is 4.01. The van der Waals surface area contributed by atoms with Crippen molar-refractivity contribution in [2.24, 2.45) is 0 Å². The minimum absolute atomic E-state index is 0.257. The van der Waals surface area contributed by atoms with Crippen molar-refractivity contribution in [3.05, 3.63) is 32.4 Å². The number of halogens is 1. The topological polar surface area (TPSA) is 116 Å². The first kappa shape index (κ1) is 25.3. The van der Waals surface area contributed by atoms with Gasteiger partial charge in [0.25, 0.3) is 0 Å². The number of hydrogen-bond donors (Lipinski definition) is 2. The maximum absolute atomic E-state index is 11.9. The zero-order valence-electron chi connectivity index (χ0n) is 20.1. The summed E-state index contributed by atoms with van der Waals surface area (Å²) in [6.07, 6.45) is 2.98. The van der Waals surface area contributed by atoms with Crippen LogP contribution in [0.4, 0.5) is 9.59 Å². The molecule has 0 saturated carbocycles. The van der Waals surface area contributed by atoms with Gasteiger partial charge in [0, 0.05) is 18.7 Å². The average Bonchev–Trinajstić information content (AvgIpc) is 3.31. The normalized spacial score (nSPS) is 15.7. The molecule has 4 heterocycles. The molecule has 4 rings (SSSR count). The Balaban J connectivity index is 0.000000186. The lowest BCUT2D eigenvalue weighted by molar-refractivity contribution is 0.0211. The van der Waals surface area contributed by atoms with Gasteiger partial charge >= 0.3 is 12.2 Å². The summed E-state index contributed by atoms with van der Waals surface area (Å²) in [5.41, 5.74) is 3.57. The van der Waals surface area contributed by atoms with E-state index in [0.717, 1.165) is 27.9 Å². The Morgan fingerprint density at radius 3 is 2.03 bits per heavy atom. The van der Waals surface area contributed by atoms with Crippen molar-refractivity contribution in [2.45, 2.75) is 78.7 Å². The Morgan fingerprint density at radius 1 is 0.909 bits per heavy atom. The fourth-order valence-corrected chi connectivity index (χ4v) is 4.17. The second-order valence-corrected chi connectivity index (χ2v) is 11.2. The van der Waals surface area contributed by atoms with Gasteiger partial charge in [0.1, 0.15) is 14.9 Å². The summed E-state index contributed by atoms with van der Waals surface area (Å²) >= 11 is 2.21. The van der Waals surface area contributed by atoms with Crippen molar-refractivity contribution in [1.82, 2.24) is 30.2 Å². The number of H-pyrrole nitrogens is 2. The number of aromatic amines is 2. The highest BCUT2D eigenvalue weighted by Crippen LogP contribution is 2.23. The summed E-state index contributed by atoms with van der Waals surface area (Å²) in [7, 11) is 0. The lowest BCUT2D eigenvalue weighted by atomic mass is 10.1. The maximum atomic E-state index is 11.9. The number of carbonyl (C=O) groups excluding carboxylic acids is 2. The van der Waals surface area contributed by atoms with Crippen LogP contribution in [0.2, 0.25) is 0 Å². The molecular formula is C22H33IN6O4. The Kier molecular flexibility index (Phi) is 7.59. The molecule has 0 bridgehead atoms. The molecule has 0 atom stereocenters. The summed E-state index contributed by atoms with van der Waals surface area (Å²) in [5, 5.41) is 14.0. The molecule has 11 heteroatoms. The Morgan fingerprint density at radius 2 is 1.45 bits per heavy atom. The fraction of sp³-hybridized carbons (Fsp3) is 0.636. The summed E-state index contributed by atoms with van der Waals surface area (Å²) in [5.74, 6) is 0. The third kappa shape index (κ3) is 7.08. The molecule has 0 radical (unpaired) electrons. The maximum Gasteiger partial charge on any atom is 0.410 e. The summed E-state index contributed by atoms with van der Waals surface area (Å²) in [4.78, 5) is 27.1. The van der Waals surface area contributed by atoms with Crippen LogP contribution >= 0.6 is 22.6 Å². The lowest BCUT2D eigenvalue weighted by Crippen LogP contribution is -2.39. The van der Waals surface area contributed by atoms with Crippen molar-refractivity contribution < 1.29 is 19.1 Å². The molecule has 0 unspecified atom stereocenters. The number of hydrogen-bond acceptors (Lipinski definition) is 6. The van der Waals surface area contributed by atoms with Crippen molar-refractivity contribution >= 4 is 34.8 Å². The van der Waals surface area contributed by atoms with E-state index >= 15 is 0 Å². The van der Waals surface area contributed by atoms with Crippen LogP contribution in [0.5, 0.6) is 0 Å². The number of amides is 2. The van der Waals surface area contributed by atoms with E-state index in [1.54, 1.807) is 9.80 Å². The minimum Gasteiger partial charge on any atom is -0.444 e. The van der Waals surface area contributed by atoms with E-state index in [2.05, 4.69) is 43.0 Å². The molecule has 2 amide bonds. The molecule has 2 N–H and O–H groups in total. The molecule has 0 aliphatic carbocycles. The molecule has 0 fully saturated rings. The van der Waals surface area contributed by atoms with Gasteiger partial charge in [-0.2, -0.15) is 10.2 Å². The van der Waals surface area contributed by atoms with E-state index in [1.807, 2.05) is 47.7 Å². The summed E-state index contributed by atoms with van der Waals surface area (Å²) < 4.78 is 11.7. The van der Waals surface area contributed by atoms with Gasteiger partial charge in [-0.05, 0) is 82.5 Å². The molecular weight excluding hydrogens is 539 g/mol. The first-order valence-electron chi connectivity index (χ1n) is 11.0. The number of ether oxygens (including phenoxy) is 2. The number of aromatic nitrogens is 4. The predicted molar refractivity (Wildman–Crippen MR) is 131 cm³/mol. The number of rotatable bonds is 0. The standard InChI is InChI=1S/C11H16IN3O2.C11H17N3O2/c1-11(2,3)17-10(16)15-5-4-7-8(6-15)13-14-9(7)12;1-11(2,3)16-10(15)14-5-4-8-6-12-13-9(8)7-14/h4-6H2,1-3H3,(H,13,14);6H,4-5,7H2,1-3H3,(H,12,13). The zero-order valence-corrected chi connectivity index (χ0v) is 22.3. The van der Waals surface area contributed by atoms with Crippen LogP contribution in [-0.2, 0) is 35.4 Å². The van der Waals surface area contributed by atoms with Crippen LogP contribution < -0.4 is 0 Å². The fourth-order valence-electron chi connectivity index (χ4n) is 3.46.